The van der Waals surface area contributed by atoms with Gasteiger partial charge in [0, 0.05) is 0 Å². The van der Waals surface area contributed by atoms with Gasteiger partial charge in [-0.2, -0.15) is 0 Å². The van der Waals surface area contributed by atoms with Gasteiger partial charge < -0.3 is 0 Å². The lowest BCUT2D eigenvalue weighted by Crippen LogP contribution is -2.46. The zero-order valence-electron chi connectivity index (χ0n) is 10.8. The first-order chi connectivity index (χ1) is 7.00. The predicted molar refractivity (Wildman–Crippen MR) is 66.8 cm³/mol. The highest BCUT2D eigenvalue weighted by atomic mass is 14.5. The molecule has 0 bridgehead atoms. The Morgan fingerprint density at radius 2 is 2.00 bits per heavy atom. The summed E-state index contributed by atoms with van der Waals surface area (Å²) in [4.78, 5) is 0. The second kappa shape index (κ2) is 3.96. The van der Waals surface area contributed by atoms with Gasteiger partial charge in [-0.25, -0.2) is 0 Å². The first-order valence-electron chi connectivity index (χ1n) is 6.66. The third kappa shape index (κ3) is 2.14. The zero-order chi connectivity index (χ0) is 11.1. The van der Waals surface area contributed by atoms with Crippen LogP contribution in [0, 0.1) is 23.2 Å². The minimum atomic E-state index is 0.629. The number of hydrogen-bond acceptors (Lipinski definition) is 0. The minimum Gasteiger partial charge on any atom is -0.0856 e. The van der Waals surface area contributed by atoms with Gasteiger partial charge in [0.05, 0.1) is 0 Å². The quantitative estimate of drug-likeness (QED) is 0.499. The fraction of sp³-hybridized carbons (Fsp3) is 0.867. The van der Waals surface area contributed by atoms with Crippen LogP contribution in [0.25, 0.3) is 0 Å². The predicted octanol–water partition coefficient (Wildman–Crippen LogP) is 4.81. The van der Waals surface area contributed by atoms with Crippen molar-refractivity contribution >= 4 is 0 Å². The summed E-state index contributed by atoms with van der Waals surface area (Å²) >= 11 is 0. The molecule has 2 aliphatic carbocycles. The van der Waals surface area contributed by atoms with Crippen molar-refractivity contribution in [2.45, 2.75) is 59.8 Å². The SMILES string of the molecule is C/C1=C\CCC(C)C2CC(C)(C)[C@@H]2CC1. The summed E-state index contributed by atoms with van der Waals surface area (Å²) in [5, 5.41) is 0. The van der Waals surface area contributed by atoms with E-state index in [4.69, 9.17) is 0 Å². The van der Waals surface area contributed by atoms with Gasteiger partial charge in [-0.05, 0) is 62.2 Å². The molecule has 0 radical (unpaired) electrons. The Hall–Kier alpha value is -0.260. The standard InChI is InChI=1S/C15H26/c1-11-6-5-7-12(2)13-10-15(3,4)14(13)9-8-11/h6,12-14H,5,7-10H2,1-4H3/b11-6+/t12?,13?,14-/m1/s1. The normalized spacial score (nSPS) is 43.7. The Kier molecular flexibility index (Phi) is 2.96. The maximum absolute atomic E-state index is 2.48. The van der Waals surface area contributed by atoms with Gasteiger partial charge >= 0.3 is 0 Å². The van der Waals surface area contributed by atoms with E-state index < -0.39 is 0 Å². The molecule has 2 rings (SSSR count). The smallest absolute Gasteiger partial charge is 0.0320 e. The first kappa shape index (κ1) is 11.2. The highest BCUT2D eigenvalue weighted by Gasteiger charge is 2.48. The Labute approximate surface area is 95.1 Å². The van der Waals surface area contributed by atoms with E-state index in [1.54, 1.807) is 5.57 Å². The highest BCUT2D eigenvalue weighted by molar-refractivity contribution is 5.05. The Morgan fingerprint density at radius 3 is 2.67 bits per heavy atom. The van der Waals surface area contributed by atoms with Crippen LogP contribution in [0.4, 0.5) is 0 Å². The largest absolute Gasteiger partial charge is 0.0856 e. The van der Waals surface area contributed by atoms with Crippen molar-refractivity contribution in [3.63, 3.8) is 0 Å². The number of rotatable bonds is 0. The van der Waals surface area contributed by atoms with Gasteiger partial charge in [-0.15, -0.1) is 0 Å². The van der Waals surface area contributed by atoms with E-state index in [2.05, 4.69) is 33.8 Å². The topological polar surface area (TPSA) is 0 Å². The number of hydrogen-bond donors (Lipinski definition) is 0. The van der Waals surface area contributed by atoms with Gasteiger partial charge in [0.25, 0.3) is 0 Å². The molecule has 2 aliphatic rings. The molecule has 1 saturated carbocycles. The Bertz CT molecular complexity index is 259. The van der Waals surface area contributed by atoms with Crippen LogP contribution in [0.5, 0.6) is 0 Å². The van der Waals surface area contributed by atoms with E-state index in [9.17, 15) is 0 Å². The maximum Gasteiger partial charge on any atom is -0.0320 e. The van der Waals surface area contributed by atoms with Crippen LogP contribution >= 0.6 is 0 Å². The van der Waals surface area contributed by atoms with Gasteiger partial charge in [0.2, 0.25) is 0 Å². The van der Waals surface area contributed by atoms with Crippen molar-refractivity contribution in [2.75, 3.05) is 0 Å². The van der Waals surface area contributed by atoms with Crippen molar-refractivity contribution in [3.05, 3.63) is 11.6 Å². The summed E-state index contributed by atoms with van der Waals surface area (Å²) in [5.74, 6) is 2.97. The zero-order valence-corrected chi connectivity index (χ0v) is 10.8. The molecule has 2 unspecified atom stereocenters. The lowest BCUT2D eigenvalue weighted by Gasteiger charge is -2.54. The third-order valence-electron chi connectivity index (χ3n) is 4.98. The van der Waals surface area contributed by atoms with E-state index >= 15 is 0 Å². The molecule has 0 aromatic carbocycles. The van der Waals surface area contributed by atoms with Crippen molar-refractivity contribution in [1.29, 1.82) is 0 Å². The summed E-state index contributed by atoms with van der Waals surface area (Å²) in [7, 11) is 0. The molecule has 0 heterocycles. The molecule has 0 saturated heterocycles. The third-order valence-corrected chi connectivity index (χ3v) is 4.98. The monoisotopic (exact) mass is 206 g/mol. The molecular weight excluding hydrogens is 180 g/mol. The summed E-state index contributed by atoms with van der Waals surface area (Å²) in [5.41, 5.74) is 2.26. The summed E-state index contributed by atoms with van der Waals surface area (Å²) < 4.78 is 0. The molecule has 15 heavy (non-hydrogen) atoms. The maximum atomic E-state index is 2.48. The molecule has 3 atom stereocenters. The van der Waals surface area contributed by atoms with Crippen LogP contribution in [0.15, 0.2) is 11.6 Å². The molecule has 0 amide bonds. The fourth-order valence-electron chi connectivity index (χ4n) is 3.81. The van der Waals surface area contributed by atoms with Crippen LogP contribution in [-0.2, 0) is 0 Å². The molecule has 0 heteroatoms. The average molecular weight is 206 g/mol. The first-order valence-corrected chi connectivity index (χ1v) is 6.66. The molecule has 1 fully saturated rings. The van der Waals surface area contributed by atoms with Crippen LogP contribution < -0.4 is 0 Å². The molecule has 0 spiro atoms. The number of allylic oxidation sites excluding steroid dienone is 2. The molecule has 0 aromatic rings. The lowest BCUT2D eigenvalue weighted by molar-refractivity contribution is -0.0483. The van der Waals surface area contributed by atoms with Crippen LogP contribution in [-0.4, -0.2) is 0 Å². The second-order valence-electron chi connectivity index (χ2n) is 6.61. The summed E-state index contributed by atoms with van der Waals surface area (Å²) in [6.07, 6.45) is 9.46. The van der Waals surface area contributed by atoms with Crippen LogP contribution in [0.3, 0.4) is 0 Å². The minimum absolute atomic E-state index is 0.629. The molecule has 0 nitrogen and oxygen atoms in total. The molecule has 0 aromatic heterocycles. The Balaban J connectivity index is 2.08. The van der Waals surface area contributed by atoms with Crippen molar-refractivity contribution in [1.82, 2.24) is 0 Å². The average Bonchev–Trinajstić information content (AvgIpc) is 2.18. The van der Waals surface area contributed by atoms with Crippen LogP contribution in [0.2, 0.25) is 0 Å². The molecule has 0 aliphatic heterocycles. The second-order valence-corrected chi connectivity index (χ2v) is 6.61. The molecule has 86 valence electrons. The summed E-state index contributed by atoms with van der Waals surface area (Å²) in [6.45, 7) is 9.73. The van der Waals surface area contributed by atoms with E-state index in [-0.39, 0.29) is 0 Å². The summed E-state index contributed by atoms with van der Waals surface area (Å²) in [6, 6.07) is 0. The molecule has 0 N–H and O–H groups in total. The lowest BCUT2D eigenvalue weighted by atomic mass is 9.51. The Morgan fingerprint density at radius 1 is 1.27 bits per heavy atom. The highest BCUT2D eigenvalue weighted by Crippen LogP contribution is 2.56. The fourth-order valence-corrected chi connectivity index (χ4v) is 3.81. The number of fused-ring (bicyclic) bond motifs is 1. The van der Waals surface area contributed by atoms with E-state index in [0.29, 0.717) is 5.41 Å². The van der Waals surface area contributed by atoms with Crippen molar-refractivity contribution in [2.24, 2.45) is 23.2 Å². The van der Waals surface area contributed by atoms with Crippen LogP contribution in [0.1, 0.15) is 59.8 Å². The van der Waals surface area contributed by atoms with E-state index in [1.165, 1.54) is 32.1 Å². The molecular formula is C15H26. The van der Waals surface area contributed by atoms with Crippen molar-refractivity contribution < 1.29 is 0 Å². The van der Waals surface area contributed by atoms with Gasteiger partial charge in [0.15, 0.2) is 0 Å². The van der Waals surface area contributed by atoms with E-state index in [1.807, 2.05) is 0 Å². The van der Waals surface area contributed by atoms with Gasteiger partial charge in [-0.3, -0.25) is 0 Å². The van der Waals surface area contributed by atoms with Gasteiger partial charge in [-0.1, -0.05) is 32.4 Å². The van der Waals surface area contributed by atoms with Crippen molar-refractivity contribution in [3.8, 4) is 0 Å². The van der Waals surface area contributed by atoms with Gasteiger partial charge in [0.1, 0.15) is 0 Å². The van der Waals surface area contributed by atoms with E-state index in [0.717, 1.165) is 17.8 Å².